The molecular formula is C8H11Cl2Ti. The Balaban J connectivity index is 0. The van der Waals surface area contributed by atoms with Gasteiger partial charge in [0.2, 0.25) is 0 Å². The molecule has 1 aliphatic carbocycles. The van der Waals surface area contributed by atoms with Crippen LogP contribution >= 0.6 is 0 Å². The average molecular weight is 226 g/mol. The topological polar surface area (TPSA) is 0 Å². The summed E-state index contributed by atoms with van der Waals surface area (Å²) in [7, 11) is 0. The van der Waals surface area contributed by atoms with Crippen molar-refractivity contribution in [2.75, 3.05) is 0 Å². The summed E-state index contributed by atoms with van der Waals surface area (Å²) in [5.41, 5.74) is 3.07. The second kappa shape index (κ2) is 6.31. The van der Waals surface area contributed by atoms with Gasteiger partial charge in [0.05, 0.1) is 0 Å². The third kappa shape index (κ3) is 3.80. The molecule has 0 amide bonds. The van der Waals surface area contributed by atoms with Crippen LogP contribution in [0.3, 0.4) is 0 Å². The summed E-state index contributed by atoms with van der Waals surface area (Å²) >= 11 is 2.23. The van der Waals surface area contributed by atoms with Crippen LogP contribution in [0.15, 0.2) is 21.1 Å². The van der Waals surface area contributed by atoms with E-state index in [0.717, 1.165) is 0 Å². The van der Waals surface area contributed by atoms with Gasteiger partial charge in [0, 0.05) is 0 Å². The first kappa shape index (κ1) is 14.3. The number of hydrogen-bond acceptors (Lipinski definition) is 0. The van der Waals surface area contributed by atoms with E-state index in [9.17, 15) is 0 Å². The van der Waals surface area contributed by atoms with Crippen LogP contribution in [0.2, 0.25) is 0 Å². The van der Waals surface area contributed by atoms with Crippen molar-refractivity contribution in [3.8, 4) is 0 Å². The summed E-state index contributed by atoms with van der Waals surface area (Å²) in [4.78, 5) is 0. The number of halogens is 2. The maximum atomic E-state index is 2.31. The van der Waals surface area contributed by atoms with Crippen LogP contribution in [0, 0.1) is 0 Å². The summed E-state index contributed by atoms with van der Waals surface area (Å²) < 4.78 is 1.56. The van der Waals surface area contributed by atoms with Crippen LogP contribution in [0.25, 0.3) is 0 Å². The van der Waals surface area contributed by atoms with Gasteiger partial charge in [-0.05, 0) is 0 Å². The van der Waals surface area contributed by atoms with Crippen molar-refractivity contribution in [1.82, 2.24) is 0 Å². The molecule has 0 aromatic heterocycles. The third-order valence-electron chi connectivity index (χ3n) is 1.64. The first-order valence-electron chi connectivity index (χ1n) is 3.35. The molecule has 0 atom stereocenters. The predicted molar refractivity (Wildman–Crippen MR) is 35.7 cm³/mol. The number of hydrogen-bond donors (Lipinski definition) is 0. The molecule has 3 heteroatoms. The number of allylic oxidation sites excluding steroid dienone is 4. The molecular weight excluding hydrogens is 215 g/mol. The van der Waals surface area contributed by atoms with E-state index in [-0.39, 0.29) is 24.8 Å². The van der Waals surface area contributed by atoms with Crippen LogP contribution in [-0.4, -0.2) is 0 Å². The normalized spacial score (nSPS) is 15.5. The minimum absolute atomic E-state index is 0. The molecule has 61 valence electrons. The maximum absolute atomic E-state index is 2.31. The Morgan fingerprint density at radius 3 is 2.18 bits per heavy atom. The van der Waals surface area contributed by atoms with Gasteiger partial charge < -0.3 is 24.8 Å². The summed E-state index contributed by atoms with van der Waals surface area (Å²) in [6, 6.07) is 0. The molecule has 0 spiro atoms. The zero-order valence-electron chi connectivity index (χ0n) is 6.75. The van der Waals surface area contributed by atoms with Crippen molar-refractivity contribution < 1.29 is 45.2 Å². The first-order chi connectivity index (χ1) is 4.24. The van der Waals surface area contributed by atoms with E-state index in [4.69, 9.17) is 0 Å². The molecule has 0 aromatic carbocycles. The van der Waals surface area contributed by atoms with Crippen molar-refractivity contribution in [2.45, 2.75) is 26.7 Å². The second-order valence-corrected chi connectivity index (χ2v) is 3.47. The quantitative estimate of drug-likeness (QED) is 0.408. The molecule has 1 rings (SSSR count). The Morgan fingerprint density at radius 1 is 1.45 bits per heavy atom. The van der Waals surface area contributed by atoms with E-state index < -0.39 is 0 Å². The zero-order chi connectivity index (χ0) is 6.85. The monoisotopic (exact) mass is 225 g/mol. The molecule has 11 heavy (non-hydrogen) atoms. The second-order valence-electron chi connectivity index (χ2n) is 2.52. The van der Waals surface area contributed by atoms with Crippen molar-refractivity contribution in [3.05, 3.63) is 21.1 Å². The van der Waals surface area contributed by atoms with Gasteiger partial charge >= 0.3 is 68.2 Å². The number of rotatable bonds is 1. The van der Waals surface area contributed by atoms with E-state index >= 15 is 0 Å². The summed E-state index contributed by atoms with van der Waals surface area (Å²) in [6.07, 6.45) is 4.72. The Kier molecular flexibility index (Phi) is 8.20. The fraction of sp³-hybridized carbons (Fsp3) is 0.500. The van der Waals surface area contributed by atoms with Gasteiger partial charge in [0.25, 0.3) is 0 Å². The van der Waals surface area contributed by atoms with E-state index in [1.807, 2.05) is 0 Å². The largest absolute Gasteiger partial charge is 1.00 e. The molecule has 0 N–H and O–H groups in total. The molecule has 0 saturated heterocycles. The van der Waals surface area contributed by atoms with Gasteiger partial charge in [-0.2, -0.15) is 0 Å². The van der Waals surface area contributed by atoms with Gasteiger partial charge in [-0.25, -0.2) is 0 Å². The van der Waals surface area contributed by atoms with Crippen molar-refractivity contribution >= 4 is 0 Å². The van der Waals surface area contributed by atoms with E-state index in [0.29, 0.717) is 0 Å². The van der Waals surface area contributed by atoms with Gasteiger partial charge in [-0.1, -0.05) is 0 Å². The molecule has 0 radical (unpaired) electrons. The molecule has 0 aromatic rings. The van der Waals surface area contributed by atoms with E-state index in [1.165, 1.54) is 18.4 Å². The maximum Gasteiger partial charge on any atom is -1.00 e. The zero-order valence-corrected chi connectivity index (χ0v) is 9.82. The average Bonchev–Trinajstić information content (AvgIpc) is 2.10. The van der Waals surface area contributed by atoms with Crippen molar-refractivity contribution in [2.24, 2.45) is 0 Å². The van der Waals surface area contributed by atoms with Gasteiger partial charge in [-0.15, -0.1) is 0 Å². The molecule has 0 heterocycles. The van der Waals surface area contributed by atoms with Crippen LogP contribution in [-0.2, 0) is 20.4 Å². The Bertz CT molecular complexity index is 183. The SMILES string of the molecule is CCC1=[C]([Ti+2])CC(C)=C1.[Cl-].[Cl-]. The molecule has 0 bridgehead atoms. The van der Waals surface area contributed by atoms with Crippen LogP contribution < -0.4 is 24.8 Å². The fourth-order valence-corrected chi connectivity index (χ4v) is 1.97. The first-order valence-corrected chi connectivity index (χ1v) is 4.13. The third-order valence-corrected chi connectivity index (χ3v) is 2.42. The van der Waals surface area contributed by atoms with Gasteiger partial charge in [0.15, 0.2) is 0 Å². The minimum Gasteiger partial charge on any atom is -1.00 e. The van der Waals surface area contributed by atoms with Crippen molar-refractivity contribution in [3.63, 3.8) is 0 Å². The predicted octanol–water partition coefficient (Wildman–Crippen LogP) is -3.44. The molecule has 1 aliphatic rings. The molecule has 0 unspecified atom stereocenters. The summed E-state index contributed by atoms with van der Waals surface area (Å²) in [5, 5.41) is 0. The minimum atomic E-state index is 0. The summed E-state index contributed by atoms with van der Waals surface area (Å²) in [6.45, 7) is 4.42. The van der Waals surface area contributed by atoms with Gasteiger partial charge in [-0.3, -0.25) is 0 Å². The van der Waals surface area contributed by atoms with Crippen LogP contribution in [0.4, 0.5) is 0 Å². The van der Waals surface area contributed by atoms with E-state index in [2.05, 4.69) is 40.4 Å². The van der Waals surface area contributed by atoms with E-state index in [1.54, 1.807) is 9.45 Å². The Hall–Kier alpha value is 0.774. The van der Waals surface area contributed by atoms with Crippen LogP contribution in [0.1, 0.15) is 26.7 Å². The van der Waals surface area contributed by atoms with Crippen molar-refractivity contribution in [1.29, 1.82) is 0 Å². The standard InChI is InChI=1S/C8H11.2ClH.Ti/c1-3-8-5-4-7(2)6-8;;;/h6H,3-4H2,1-2H3;2*1H;/q;;;+2/p-2. The Morgan fingerprint density at radius 2 is 2.00 bits per heavy atom. The molecule has 0 saturated carbocycles. The fourth-order valence-electron chi connectivity index (χ4n) is 1.14. The smallest absolute Gasteiger partial charge is 1.00 e. The Labute approximate surface area is 92.7 Å². The molecule has 0 fully saturated rings. The van der Waals surface area contributed by atoms with Crippen LogP contribution in [0.5, 0.6) is 0 Å². The summed E-state index contributed by atoms with van der Waals surface area (Å²) in [5.74, 6) is 0. The van der Waals surface area contributed by atoms with Gasteiger partial charge in [0.1, 0.15) is 0 Å². The molecule has 0 aliphatic heterocycles. The molecule has 0 nitrogen and oxygen atoms in total.